The molecule has 120 valence electrons. The molecule has 2 rings (SSSR count). The van der Waals surface area contributed by atoms with Crippen LogP contribution in [0.5, 0.6) is 0 Å². The summed E-state index contributed by atoms with van der Waals surface area (Å²) in [4.78, 5) is 28.3. The molecule has 0 spiro atoms. The molecule has 2 amide bonds. The van der Waals surface area contributed by atoms with Crippen molar-refractivity contribution < 1.29 is 9.59 Å². The van der Waals surface area contributed by atoms with Gasteiger partial charge in [-0.15, -0.1) is 0 Å². The summed E-state index contributed by atoms with van der Waals surface area (Å²) in [5.74, 6) is 0.452. The Bertz CT molecular complexity index is 534. The Morgan fingerprint density at radius 2 is 1.68 bits per heavy atom. The molecule has 0 radical (unpaired) electrons. The first-order valence-electron chi connectivity index (χ1n) is 8.14. The SMILES string of the molecule is CCC(C)C(=O)N1CCN(C(=O)Cc2ccccc2C)CC1. The molecule has 4 nitrogen and oxygen atoms in total. The van der Waals surface area contributed by atoms with Crippen LogP contribution in [0.25, 0.3) is 0 Å². The average Bonchev–Trinajstić information content (AvgIpc) is 2.55. The Hall–Kier alpha value is -1.84. The van der Waals surface area contributed by atoms with Gasteiger partial charge in [-0.2, -0.15) is 0 Å². The zero-order chi connectivity index (χ0) is 16.1. The van der Waals surface area contributed by atoms with Crippen LogP contribution in [0.1, 0.15) is 31.4 Å². The number of benzene rings is 1. The minimum Gasteiger partial charge on any atom is -0.339 e. The zero-order valence-corrected chi connectivity index (χ0v) is 13.8. The molecule has 1 atom stereocenters. The summed E-state index contributed by atoms with van der Waals surface area (Å²) in [5, 5.41) is 0. The van der Waals surface area contributed by atoms with Crippen molar-refractivity contribution in [1.29, 1.82) is 0 Å². The zero-order valence-electron chi connectivity index (χ0n) is 13.8. The van der Waals surface area contributed by atoms with Crippen LogP contribution in [0.15, 0.2) is 24.3 Å². The highest BCUT2D eigenvalue weighted by Crippen LogP contribution is 2.13. The maximum atomic E-state index is 12.4. The van der Waals surface area contributed by atoms with Crippen LogP contribution >= 0.6 is 0 Å². The molecular weight excluding hydrogens is 276 g/mol. The second-order valence-corrected chi connectivity index (χ2v) is 6.12. The van der Waals surface area contributed by atoms with E-state index in [1.54, 1.807) is 0 Å². The van der Waals surface area contributed by atoms with Gasteiger partial charge in [0.05, 0.1) is 6.42 Å². The van der Waals surface area contributed by atoms with Crippen molar-refractivity contribution in [2.24, 2.45) is 5.92 Å². The molecule has 4 heteroatoms. The van der Waals surface area contributed by atoms with Crippen molar-refractivity contribution in [3.8, 4) is 0 Å². The van der Waals surface area contributed by atoms with Crippen molar-refractivity contribution in [2.75, 3.05) is 26.2 Å². The van der Waals surface area contributed by atoms with Gasteiger partial charge in [-0.1, -0.05) is 38.1 Å². The van der Waals surface area contributed by atoms with E-state index in [1.165, 1.54) is 0 Å². The second kappa shape index (κ2) is 7.43. The minimum atomic E-state index is 0.0780. The normalized spacial score (nSPS) is 16.5. The largest absolute Gasteiger partial charge is 0.339 e. The van der Waals surface area contributed by atoms with E-state index in [4.69, 9.17) is 0 Å². The third kappa shape index (κ3) is 3.87. The Labute approximate surface area is 133 Å². The van der Waals surface area contributed by atoms with Crippen LogP contribution in [-0.4, -0.2) is 47.8 Å². The molecule has 1 aromatic rings. The monoisotopic (exact) mass is 302 g/mol. The molecule has 1 aliphatic heterocycles. The fourth-order valence-electron chi connectivity index (χ4n) is 2.75. The van der Waals surface area contributed by atoms with Crippen LogP contribution in [0, 0.1) is 12.8 Å². The number of carbonyl (C=O) groups is 2. The quantitative estimate of drug-likeness (QED) is 0.856. The number of piperazine rings is 1. The van der Waals surface area contributed by atoms with E-state index < -0.39 is 0 Å². The standard InChI is InChI=1S/C18H26N2O2/c1-4-14(2)18(22)20-11-9-19(10-12-20)17(21)13-16-8-6-5-7-15(16)3/h5-8,14H,4,9-13H2,1-3H3. The number of hydrogen-bond donors (Lipinski definition) is 0. The van der Waals surface area contributed by atoms with Gasteiger partial charge in [0, 0.05) is 32.1 Å². The van der Waals surface area contributed by atoms with Crippen molar-refractivity contribution in [3.05, 3.63) is 35.4 Å². The Kier molecular flexibility index (Phi) is 5.58. The van der Waals surface area contributed by atoms with Crippen LogP contribution in [0.4, 0.5) is 0 Å². The number of aryl methyl sites for hydroxylation is 1. The van der Waals surface area contributed by atoms with E-state index in [9.17, 15) is 9.59 Å². The molecule has 22 heavy (non-hydrogen) atoms. The van der Waals surface area contributed by atoms with Gasteiger partial charge < -0.3 is 9.80 Å². The summed E-state index contributed by atoms with van der Waals surface area (Å²) < 4.78 is 0. The summed E-state index contributed by atoms with van der Waals surface area (Å²) in [7, 11) is 0. The Balaban J connectivity index is 1.88. The van der Waals surface area contributed by atoms with Crippen LogP contribution in [0.2, 0.25) is 0 Å². The third-order valence-corrected chi connectivity index (χ3v) is 4.58. The fourth-order valence-corrected chi connectivity index (χ4v) is 2.75. The lowest BCUT2D eigenvalue weighted by Gasteiger charge is -2.36. The number of amides is 2. The molecule has 0 saturated carbocycles. The molecule has 0 aliphatic carbocycles. The van der Waals surface area contributed by atoms with Gasteiger partial charge in [0.25, 0.3) is 0 Å². The van der Waals surface area contributed by atoms with E-state index >= 15 is 0 Å². The van der Waals surface area contributed by atoms with Gasteiger partial charge in [-0.3, -0.25) is 9.59 Å². The van der Waals surface area contributed by atoms with Gasteiger partial charge in [0.2, 0.25) is 11.8 Å². The molecule has 1 fully saturated rings. The van der Waals surface area contributed by atoms with Crippen LogP contribution in [0.3, 0.4) is 0 Å². The van der Waals surface area contributed by atoms with Crippen molar-refractivity contribution >= 4 is 11.8 Å². The number of carbonyl (C=O) groups excluding carboxylic acids is 2. The molecular formula is C18H26N2O2. The highest BCUT2D eigenvalue weighted by Gasteiger charge is 2.26. The minimum absolute atomic E-state index is 0.0780. The first kappa shape index (κ1) is 16.5. The maximum Gasteiger partial charge on any atom is 0.227 e. The van der Waals surface area contributed by atoms with Gasteiger partial charge in [-0.05, 0) is 24.5 Å². The smallest absolute Gasteiger partial charge is 0.227 e. The van der Waals surface area contributed by atoms with Crippen molar-refractivity contribution in [3.63, 3.8) is 0 Å². The predicted octanol–water partition coefficient (Wildman–Crippen LogP) is 2.25. The molecule has 0 bridgehead atoms. The lowest BCUT2D eigenvalue weighted by molar-refractivity contribution is -0.141. The van der Waals surface area contributed by atoms with Gasteiger partial charge in [-0.25, -0.2) is 0 Å². The van der Waals surface area contributed by atoms with Crippen molar-refractivity contribution in [1.82, 2.24) is 9.80 Å². The van der Waals surface area contributed by atoms with Crippen LogP contribution in [-0.2, 0) is 16.0 Å². The summed E-state index contributed by atoms with van der Waals surface area (Å²) >= 11 is 0. The molecule has 1 saturated heterocycles. The van der Waals surface area contributed by atoms with E-state index in [-0.39, 0.29) is 17.7 Å². The van der Waals surface area contributed by atoms with Crippen molar-refractivity contribution in [2.45, 2.75) is 33.6 Å². The van der Waals surface area contributed by atoms with Gasteiger partial charge in [0.1, 0.15) is 0 Å². The van der Waals surface area contributed by atoms with Gasteiger partial charge >= 0.3 is 0 Å². The maximum absolute atomic E-state index is 12.4. The van der Waals surface area contributed by atoms with E-state index in [1.807, 2.05) is 54.8 Å². The first-order chi connectivity index (χ1) is 10.5. The average molecular weight is 302 g/mol. The molecule has 0 N–H and O–H groups in total. The summed E-state index contributed by atoms with van der Waals surface area (Å²) in [5.41, 5.74) is 2.24. The molecule has 1 aliphatic rings. The topological polar surface area (TPSA) is 40.6 Å². The first-order valence-corrected chi connectivity index (χ1v) is 8.14. The third-order valence-electron chi connectivity index (χ3n) is 4.58. The summed E-state index contributed by atoms with van der Waals surface area (Å²) in [6.07, 6.45) is 1.32. The van der Waals surface area contributed by atoms with E-state index in [0.717, 1.165) is 17.5 Å². The molecule has 1 aromatic carbocycles. The van der Waals surface area contributed by atoms with Crippen LogP contribution < -0.4 is 0 Å². The summed E-state index contributed by atoms with van der Waals surface area (Å²) in [6, 6.07) is 8.00. The highest BCUT2D eigenvalue weighted by atomic mass is 16.2. The fraction of sp³-hybridized carbons (Fsp3) is 0.556. The lowest BCUT2D eigenvalue weighted by Crippen LogP contribution is -2.52. The predicted molar refractivity (Wildman–Crippen MR) is 87.5 cm³/mol. The molecule has 1 unspecified atom stereocenters. The Morgan fingerprint density at radius 3 is 2.27 bits per heavy atom. The van der Waals surface area contributed by atoms with E-state index in [0.29, 0.717) is 32.6 Å². The summed E-state index contributed by atoms with van der Waals surface area (Å²) in [6.45, 7) is 8.64. The second-order valence-electron chi connectivity index (χ2n) is 6.12. The molecule has 1 heterocycles. The molecule has 0 aromatic heterocycles. The number of nitrogens with zero attached hydrogens (tertiary/aromatic N) is 2. The van der Waals surface area contributed by atoms with Gasteiger partial charge in [0.15, 0.2) is 0 Å². The highest BCUT2D eigenvalue weighted by molar-refractivity contribution is 5.81. The van der Waals surface area contributed by atoms with E-state index in [2.05, 4.69) is 0 Å². The lowest BCUT2D eigenvalue weighted by atomic mass is 10.0. The Morgan fingerprint density at radius 1 is 1.09 bits per heavy atom. The number of rotatable bonds is 4. The number of hydrogen-bond acceptors (Lipinski definition) is 2.